The van der Waals surface area contributed by atoms with Gasteiger partial charge in [-0.2, -0.15) is 0 Å². The molecule has 2 saturated heterocycles. The summed E-state index contributed by atoms with van der Waals surface area (Å²) in [6.45, 7) is 3.42. The maximum absolute atomic E-state index is 13.3. The van der Waals surface area contributed by atoms with Crippen LogP contribution in [-0.4, -0.2) is 42.9 Å². The first-order valence-electron chi connectivity index (χ1n) is 10.8. The molecular formula is C24H30N3O2+. The number of amides is 2. The number of piperidine rings is 1. The highest BCUT2D eigenvalue weighted by atomic mass is 16.2. The minimum Gasteiger partial charge on any atom is -0.337 e. The summed E-state index contributed by atoms with van der Waals surface area (Å²) in [5, 5.41) is 3.03. The number of anilines is 1. The molecule has 2 N–H and O–H groups in total. The van der Waals surface area contributed by atoms with Gasteiger partial charge in [0.2, 0.25) is 5.91 Å². The van der Waals surface area contributed by atoms with Gasteiger partial charge in [-0.25, -0.2) is 0 Å². The van der Waals surface area contributed by atoms with Crippen molar-refractivity contribution in [1.82, 2.24) is 4.90 Å². The van der Waals surface area contributed by atoms with Crippen molar-refractivity contribution in [2.24, 2.45) is 5.92 Å². The van der Waals surface area contributed by atoms with Crippen LogP contribution in [0.1, 0.15) is 37.3 Å². The Hall–Kier alpha value is -2.66. The summed E-state index contributed by atoms with van der Waals surface area (Å²) in [5.41, 5.74) is 1.94. The molecule has 4 rings (SSSR count). The van der Waals surface area contributed by atoms with Gasteiger partial charge in [-0.05, 0) is 25.0 Å². The van der Waals surface area contributed by atoms with Crippen molar-refractivity contribution in [3.8, 4) is 0 Å². The molecule has 152 valence electrons. The van der Waals surface area contributed by atoms with Crippen molar-refractivity contribution >= 4 is 17.5 Å². The number of carbonyl (C=O) groups excluding carboxylic acids is 2. The van der Waals surface area contributed by atoms with E-state index in [0.717, 1.165) is 63.1 Å². The van der Waals surface area contributed by atoms with Crippen LogP contribution in [0, 0.1) is 5.92 Å². The third-order valence-electron chi connectivity index (χ3n) is 6.25. The SMILES string of the molecule is O=C(Nc1ccccc1)C1CC[NH+]([C@H](C(=O)N2CCCC2)c2ccccc2)CC1. The number of rotatable bonds is 5. The van der Waals surface area contributed by atoms with E-state index in [1.54, 1.807) is 0 Å². The van der Waals surface area contributed by atoms with Gasteiger partial charge in [-0.3, -0.25) is 9.59 Å². The second-order valence-corrected chi connectivity index (χ2v) is 8.16. The molecule has 0 aliphatic carbocycles. The van der Waals surface area contributed by atoms with Gasteiger partial charge in [0, 0.05) is 43.1 Å². The number of hydrogen-bond acceptors (Lipinski definition) is 2. The van der Waals surface area contributed by atoms with Gasteiger partial charge in [0.15, 0.2) is 6.04 Å². The van der Waals surface area contributed by atoms with Crippen LogP contribution in [-0.2, 0) is 9.59 Å². The average Bonchev–Trinajstić information content (AvgIpc) is 3.31. The zero-order valence-corrected chi connectivity index (χ0v) is 16.8. The highest BCUT2D eigenvalue weighted by molar-refractivity contribution is 5.92. The van der Waals surface area contributed by atoms with Crippen molar-refractivity contribution in [2.45, 2.75) is 31.7 Å². The molecule has 29 heavy (non-hydrogen) atoms. The maximum atomic E-state index is 13.3. The molecule has 0 bridgehead atoms. The van der Waals surface area contributed by atoms with Gasteiger partial charge in [0.25, 0.3) is 5.91 Å². The second kappa shape index (κ2) is 9.23. The highest BCUT2D eigenvalue weighted by Gasteiger charge is 2.39. The molecule has 2 aliphatic heterocycles. The molecule has 0 saturated carbocycles. The van der Waals surface area contributed by atoms with E-state index in [-0.39, 0.29) is 23.8 Å². The molecule has 2 aromatic carbocycles. The molecule has 0 spiro atoms. The Morgan fingerprint density at radius 2 is 1.48 bits per heavy atom. The maximum Gasteiger partial charge on any atom is 0.285 e. The fraction of sp³-hybridized carbons (Fsp3) is 0.417. The first-order valence-corrected chi connectivity index (χ1v) is 10.8. The third-order valence-corrected chi connectivity index (χ3v) is 6.25. The fourth-order valence-electron chi connectivity index (χ4n) is 4.62. The van der Waals surface area contributed by atoms with Gasteiger partial charge in [0.05, 0.1) is 13.1 Å². The molecule has 2 aromatic rings. The summed E-state index contributed by atoms with van der Waals surface area (Å²) in [5.74, 6) is 0.352. The molecule has 2 aliphatic rings. The summed E-state index contributed by atoms with van der Waals surface area (Å²) < 4.78 is 0. The Bertz CT molecular complexity index is 811. The first kappa shape index (κ1) is 19.6. The van der Waals surface area contributed by atoms with Gasteiger partial charge in [0.1, 0.15) is 0 Å². The van der Waals surface area contributed by atoms with E-state index in [1.807, 2.05) is 53.4 Å². The Morgan fingerprint density at radius 1 is 0.897 bits per heavy atom. The lowest BCUT2D eigenvalue weighted by Gasteiger charge is -2.35. The minimum absolute atomic E-state index is 0.0114. The largest absolute Gasteiger partial charge is 0.337 e. The van der Waals surface area contributed by atoms with Crippen LogP contribution in [0.15, 0.2) is 60.7 Å². The summed E-state index contributed by atoms with van der Waals surface area (Å²) >= 11 is 0. The Kier molecular flexibility index (Phi) is 6.25. The van der Waals surface area contributed by atoms with E-state index in [1.165, 1.54) is 4.90 Å². The fourth-order valence-corrected chi connectivity index (χ4v) is 4.62. The summed E-state index contributed by atoms with van der Waals surface area (Å²) in [6, 6.07) is 19.6. The lowest BCUT2D eigenvalue weighted by atomic mass is 9.93. The first-order chi connectivity index (χ1) is 14.2. The normalized spacial score (nSPS) is 22.8. The summed E-state index contributed by atoms with van der Waals surface area (Å²) in [6.07, 6.45) is 3.82. The zero-order chi connectivity index (χ0) is 20.1. The number of carbonyl (C=O) groups is 2. The summed E-state index contributed by atoms with van der Waals surface area (Å²) in [4.78, 5) is 29.3. The number of hydrogen-bond donors (Lipinski definition) is 2. The Morgan fingerprint density at radius 3 is 2.10 bits per heavy atom. The topological polar surface area (TPSA) is 53.9 Å². The van der Waals surface area contributed by atoms with E-state index in [0.29, 0.717) is 0 Å². The molecule has 1 atom stereocenters. The summed E-state index contributed by atoms with van der Waals surface area (Å²) in [7, 11) is 0. The molecule has 2 amide bonds. The van der Waals surface area contributed by atoms with Crippen molar-refractivity contribution in [2.75, 3.05) is 31.5 Å². The molecule has 0 radical (unpaired) electrons. The minimum atomic E-state index is -0.160. The van der Waals surface area contributed by atoms with Gasteiger partial charge in [-0.15, -0.1) is 0 Å². The average molecular weight is 393 g/mol. The van der Waals surface area contributed by atoms with E-state index < -0.39 is 0 Å². The van der Waals surface area contributed by atoms with Crippen LogP contribution >= 0.6 is 0 Å². The smallest absolute Gasteiger partial charge is 0.285 e. The van der Waals surface area contributed by atoms with Gasteiger partial charge in [-0.1, -0.05) is 48.5 Å². The van der Waals surface area contributed by atoms with Crippen molar-refractivity contribution in [3.05, 3.63) is 66.2 Å². The molecule has 5 nitrogen and oxygen atoms in total. The number of nitrogens with one attached hydrogen (secondary N) is 2. The van der Waals surface area contributed by atoms with Crippen LogP contribution in [0.2, 0.25) is 0 Å². The van der Waals surface area contributed by atoms with Crippen molar-refractivity contribution < 1.29 is 14.5 Å². The Balaban J connectivity index is 1.42. The molecule has 5 heteroatoms. The van der Waals surface area contributed by atoms with E-state index >= 15 is 0 Å². The lowest BCUT2D eigenvalue weighted by molar-refractivity contribution is -0.927. The lowest BCUT2D eigenvalue weighted by Crippen LogP contribution is -3.14. The standard InChI is InChI=1S/C24H29N3O2/c28-23(25-21-11-5-2-6-12-21)20-13-17-26(18-14-20)22(19-9-3-1-4-10-19)24(29)27-15-7-8-16-27/h1-6,9-12,20,22H,7-8,13-18H2,(H,25,28)/p+1/t22-/m0/s1. The second-order valence-electron chi connectivity index (χ2n) is 8.16. The number of likely N-dealkylation sites (tertiary alicyclic amines) is 2. The Labute approximate surface area is 172 Å². The van der Waals surface area contributed by atoms with Crippen molar-refractivity contribution in [1.29, 1.82) is 0 Å². The van der Waals surface area contributed by atoms with Gasteiger partial charge >= 0.3 is 0 Å². The van der Waals surface area contributed by atoms with Crippen LogP contribution in [0.25, 0.3) is 0 Å². The predicted octanol–water partition coefficient (Wildman–Crippen LogP) is 2.28. The monoisotopic (exact) mass is 392 g/mol. The molecule has 0 aromatic heterocycles. The number of benzene rings is 2. The number of quaternary nitrogens is 1. The van der Waals surface area contributed by atoms with Crippen LogP contribution < -0.4 is 10.2 Å². The van der Waals surface area contributed by atoms with E-state index in [4.69, 9.17) is 0 Å². The number of nitrogens with zero attached hydrogens (tertiary/aromatic N) is 1. The van der Waals surface area contributed by atoms with Crippen LogP contribution in [0.4, 0.5) is 5.69 Å². The number of para-hydroxylation sites is 1. The van der Waals surface area contributed by atoms with E-state index in [9.17, 15) is 9.59 Å². The van der Waals surface area contributed by atoms with Crippen molar-refractivity contribution in [3.63, 3.8) is 0 Å². The predicted molar refractivity (Wildman–Crippen MR) is 113 cm³/mol. The molecule has 2 heterocycles. The zero-order valence-electron chi connectivity index (χ0n) is 16.8. The van der Waals surface area contributed by atoms with E-state index in [2.05, 4.69) is 17.4 Å². The van der Waals surface area contributed by atoms with Crippen LogP contribution in [0.5, 0.6) is 0 Å². The molecular weight excluding hydrogens is 362 g/mol. The van der Waals surface area contributed by atoms with Gasteiger partial charge < -0.3 is 15.1 Å². The third kappa shape index (κ3) is 4.67. The quantitative estimate of drug-likeness (QED) is 0.820. The van der Waals surface area contributed by atoms with Crippen LogP contribution in [0.3, 0.4) is 0 Å². The molecule has 2 fully saturated rings. The highest BCUT2D eigenvalue weighted by Crippen LogP contribution is 2.20. The molecule has 0 unspecified atom stereocenters.